The van der Waals surface area contributed by atoms with Crippen molar-refractivity contribution in [1.82, 2.24) is 5.32 Å². The van der Waals surface area contributed by atoms with Crippen molar-refractivity contribution in [2.75, 3.05) is 19.0 Å². The number of hydrogen-bond donors (Lipinski definition) is 1. The number of nitrogens with zero attached hydrogens (tertiary/aromatic N) is 2. The average molecular weight is 311 g/mol. The van der Waals surface area contributed by atoms with Crippen molar-refractivity contribution in [3.63, 3.8) is 0 Å². The van der Waals surface area contributed by atoms with Crippen LogP contribution in [0.4, 0.5) is 5.69 Å². The summed E-state index contributed by atoms with van der Waals surface area (Å²) in [5.41, 5.74) is 2.11. The summed E-state index contributed by atoms with van der Waals surface area (Å²) in [7, 11) is 3.95. The number of amides is 1. The zero-order valence-corrected chi connectivity index (χ0v) is 14.2. The largest absolute Gasteiger partial charge is 0.378 e. The lowest BCUT2D eigenvalue weighted by atomic mass is 9.86. The van der Waals surface area contributed by atoms with Crippen LogP contribution in [0.25, 0.3) is 6.08 Å². The van der Waals surface area contributed by atoms with Gasteiger partial charge in [-0.25, -0.2) is 0 Å². The van der Waals surface area contributed by atoms with Gasteiger partial charge < -0.3 is 10.2 Å². The molecule has 2 rings (SSSR count). The fraction of sp³-hybridized carbons (Fsp3) is 0.474. The maximum absolute atomic E-state index is 12.4. The Bertz CT molecular complexity index is 610. The minimum Gasteiger partial charge on any atom is -0.378 e. The van der Waals surface area contributed by atoms with Gasteiger partial charge in [-0.2, -0.15) is 5.26 Å². The fourth-order valence-electron chi connectivity index (χ4n) is 2.96. The molecule has 1 saturated carbocycles. The third-order valence-corrected chi connectivity index (χ3v) is 4.51. The Labute approximate surface area is 138 Å². The van der Waals surface area contributed by atoms with Gasteiger partial charge in [-0.05, 0) is 42.5 Å². The van der Waals surface area contributed by atoms with Crippen molar-refractivity contribution in [2.24, 2.45) is 5.92 Å². The first-order chi connectivity index (χ1) is 11.0. The molecule has 0 spiro atoms. The number of benzene rings is 1. The maximum Gasteiger partial charge on any atom is 0.262 e. The standard InChI is InChI=1S/C19H25N3O/c1-14-6-4-5-7-18(14)21-19(23)16(13-20)12-15-8-10-17(11-9-15)22(2)3/h8-12,14,18H,4-7H2,1-3H3,(H,21,23)/b16-12+. The molecule has 1 aromatic carbocycles. The van der Waals surface area contributed by atoms with E-state index in [-0.39, 0.29) is 17.5 Å². The Hall–Kier alpha value is -2.28. The van der Waals surface area contributed by atoms with Crippen molar-refractivity contribution in [1.29, 1.82) is 5.26 Å². The first-order valence-electron chi connectivity index (χ1n) is 8.21. The molecule has 1 N–H and O–H groups in total. The lowest BCUT2D eigenvalue weighted by molar-refractivity contribution is -0.118. The second kappa shape index (κ2) is 7.82. The molecular weight excluding hydrogens is 286 g/mol. The predicted octanol–water partition coefficient (Wildman–Crippen LogP) is 3.35. The SMILES string of the molecule is CC1CCCCC1NC(=O)/C(C#N)=C/c1ccc(N(C)C)cc1. The quantitative estimate of drug-likeness (QED) is 0.685. The molecular formula is C19H25N3O. The van der Waals surface area contributed by atoms with Crippen LogP contribution in [0.2, 0.25) is 0 Å². The number of carbonyl (C=O) groups is 1. The molecule has 1 aromatic rings. The van der Waals surface area contributed by atoms with E-state index in [1.54, 1.807) is 6.08 Å². The van der Waals surface area contributed by atoms with Crippen molar-refractivity contribution in [3.05, 3.63) is 35.4 Å². The summed E-state index contributed by atoms with van der Waals surface area (Å²) in [6.45, 7) is 2.17. The molecule has 0 bridgehead atoms. The molecule has 0 aromatic heterocycles. The third-order valence-electron chi connectivity index (χ3n) is 4.51. The molecule has 1 aliphatic carbocycles. The molecule has 1 fully saturated rings. The summed E-state index contributed by atoms with van der Waals surface area (Å²) < 4.78 is 0. The summed E-state index contributed by atoms with van der Waals surface area (Å²) in [5, 5.41) is 12.3. The first kappa shape index (κ1) is 17.1. The number of anilines is 1. The molecule has 2 unspecified atom stereocenters. The molecule has 0 radical (unpaired) electrons. The minimum absolute atomic E-state index is 0.167. The van der Waals surface area contributed by atoms with Gasteiger partial charge in [0.1, 0.15) is 11.6 Å². The molecule has 122 valence electrons. The van der Waals surface area contributed by atoms with Crippen LogP contribution in [0.1, 0.15) is 38.2 Å². The summed E-state index contributed by atoms with van der Waals surface area (Å²) in [5.74, 6) is 0.218. The fourth-order valence-corrected chi connectivity index (χ4v) is 2.96. The number of nitrogens with one attached hydrogen (secondary N) is 1. The zero-order chi connectivity index (χ0) is 16.8. The van der Waals surface area contributed by atoms with E-state index in [0.717, 1.165) is 30.5 Å². The van der Waals surface area contributed by atoms with Crippen LogP contribution in [0.15, 0.2) is 29.8 Å². The van der Waals surface area contributed by atoms with E-state index in [9.17, 15) is 10.1 Å². The molecule has 1 aliphatic rings. The highest BCUT2D eigenvalue weighted by Crippen LogP contribution is 2.24. The zero-order valence-electron chi connectivity index (χ0n) is 14.2. The van der Waals surface area contributed by atoms with Crippen LogP contribution in [-0.4, -0.2) is 26.0 Å². The summed E-state index contributed by atoms with van der Waals surface area (Å²) in [4.78, 5) is 14.4. The van der Waals surface area contributed by atoms with Crippen LogP contribution in [0.5, 0.6) is 0 Å². The van der Waals surface area contributed by atoms with Gasteiger partial charge in [0, 0.05) is 25.8 Å². The Balaban J connectivity index is 2.08. The number of hydrogen-bond acceptors (Lipinski definition) is 3. The molecule has 4 nitrogen and oxygen atoms in total. The average Bonchev–Trinajstić information content (AvgIpc) is 2.55. The first-order valence-corrected chi connectivity index (χ1v) is 8.21. The molecule has 1 amide bonds. The van der Waals surface area contributed by atoms with Gasteiger partial charge in [0.15, 0.2) is 0 Å². The van der Waals surface area contributed by atoms with Crippen LogP contribution in [0.3, 0.4) is 0 Å². The van der Waals surface area contributed by atoms with Crippen molar-refractivity contribution in [3.8, 4) is 6.07 Å². The van der Waals surface area contributed by atoms with E-state index < -0.39 is 0 Å². The molecule has 0 aliphatic heterocycles. The van der Waals surface area contributed by atoms with Crippen LogP contribution >= 0.6 is 0 Å². The molecule has 2 atom stereocenters. The topological polar surface area (TPSA) is 56.1 Å². The summed E-state index contributed by atoms with van der Waals surface area (Å²) in [6, 6.07) is 10.0. The Morgan fingerprint density at radius 1 is 1.26 bits per heavy atom. The van der Waals surface area contributed by atoms with Crippen molar-refractivity contribution < 1.29 is 4.79 Å². The van der Waals surface area contributed by atoms with E-state index in [4.69, 9.17) is 0 Å². The van der Waals surface area contributed by atoms with Gasteiger partial charge in [0.25, 0.3) is 5.91 Å². The Morgan fingerprint density at radius 3 is 2.48 bits per heavy atom. The van der Waals surface area contributed by atoms with Crippen LogP contribution in [0, 0.1) is 17.2 Å². The van der Waals surface area contributed by atoms with Gasteiger partial charge in [0.05, 0.1) is 0 Å². The van der Waals surface area contributed by atoms with Gasteiger partial charge in [0.2, 0.25) is 0 Å². The van der Waals surface area contributed by atoms with Crippen LogP contribution < -0.4 is 10.2 Å². The molecule has 4 heteroatoms. The highest BCUT2D eigenvalue weighted by Gasteiger charge is 2.23. The third kappa shape index (κ3) is 4.59. The highest BCUT2D eigenvalue weighted by molar-refractivity contribution is 6.01. The van der Waals surface area contributed by atoms with Crippen LogP contribution in [-0.2, 0) is 4.79 Å². The predicted molar refractivity (Wildman–Crippen MR) is 93.9 cm³/mol. The normalized spacial score (nSPS) is 21.4. The number of rotatable bonds is 4. The van der Waals surface area contributed by atoms with E-state index in [1.165, 1.54) is 6.42 Å². The molecule has 0 saturated heterocycles. The Morgan fingerprint density at radius 2 is 1.91 bits per heavy atom. The van der Waals surface area contributed by atoms with Crippen molar-refractivity contribution in [2.45, 2.75) is 38.6 Å². The minimum atomic E-state index is -0.261. The number of nitriles is 1. The second-order valence-electron chi connectivity index (χ2n) is 6.50. The Kier molecular flexibility index (Phi) is 5.81. The van der Waals surface area contributed by atoms with E-state index >= 15 is 0 Å². The van der Waals surface area contributed by atoms with Gasteiger partial charge in [-0.15, -0.1) is 0 Å². The van der Waals surface area contributed by atoms with E-state index in [2.05, 4.69) is 12.2 Å². The van der Waals surface area contributed by atoms with Gasteiger partial charge >= 0.3 is 0 Å². The van der Waals surface area contributed by atoms with Gasteiger partial charge in [-0.1, -0.05) is 31.9 Å². The van der Waals surface area contributed by atoms with Crippen molar-refractivity contribution >= 4 is 17.7 Å². The lowest BCUT2D eigenvalue weighted by Crippen LogP contribution is -2.41. The van der Waals surface area contributed by atoms with E-state index in [1.807, 2.05) is 49.3 Å². The van der Waals surface area contributed by atoms with Gasteiger partial charge in [-0.3, -0.25) is 4.79 Å². The monoisotopic (exact) mass is 311 g/mol. The second-order valence-corrected chi connectivity index (χ2v) is 6.50. The highest BCUT2D eigenvalue weighted by atomic mass is 16.1. The molecule has 23 heavy (non-hydrogen) atoms. The smallest absolute Gasteiger partial charge is 0.262 e. The molecule has 0 heterocycles. The number of carbonyl (C=O) groups excluding carboxylic acids is 1. The summed E-state index contributed by atoms with van der Waals surface area (Å²) >= 11 is 0. The summed E-state index contributed by atoms with van der Waals surface area (Å²) in [6.07, 6.45) is 6.17. The van der Waals surface area contributed by atoms with E-state index in [0.29, 0.717) is 5.92 Å². The lowest BCUT2D eigenvalue weighted by Gasteiger charge is -2.29. The maximum atomic E-state index is 12.4.